The summed E-state index contributed by atoms with van der Waals surface area (Å²) in [6.45, 7) is 4.40. The number of aromatic amines is 1. The van der Waals surface area contributed by atoms with Crippen molar-refractivity contribution < 1.29 is 9.53 Å². The summed E-state index contributed by atoms with van der Waals surface area (Å²) >= 11 is 0. The first-order valence-electron chi connectivity index (χ1n) is 9.66. The number of carbonyl (C=O) groups is 1. The average molecular weight is 379 g/mol. The van der Waals surface area contributed by atoms with Gasteiger partial charge in [0.1, 0.15) is 5.82 Å². The van der Waals surface area contributed by atoms with Crippen molar-refractivity contribution in [3.05, 3.63) is 59.7 Å². The SMILES string of the molecule is Cc1ccc2nc(CNC(=O)N3CCC(OCc4cccnc4)CC3)[nH]c2c1. The molecule has 0 spiro atoms. The van der Waals surface area contributed by atoms with E-state index in [1.807, 2.05) is 42.3 Å². The number of ether oxygens (including phenoxy) is 1. The van der Waals surface area contributed by atoms with E-state index in [4.69, 9.17) is 4.74 Å². The molecule has 1 aromatic carbocycles. The summed E-state index contributed by atoms with van der Waals surface area (Å²) in [6.07, 6.45) is 5.45. The number of imidazole rings is 1. The van der Waals surface area contributed by atoms with E-state index in [1.165, 1.54) is 5.56 Å². The molecule has 7 nitrogen and oxygen atoms in total. The molecule has 1 fully saturated rings. The molecule has 0 atom stereocenters. The largest absolute Gasteiger partial charge is 0.373 e. The van der Waals surface area contributed by atoms with Gasteiger partial charge in [-0.15, -0.1) is 0 Å². The number of carbonyl (C=O) groups excluding carboxylic acids is 1. The van der Waals surface area contributed by atoms with Crippen molar-refractivity contribution in [2.24, 2.45) is 0 Å². The second-order valence-electron chi connectivity index (χ2n) is 7.22. The maximum absolute atomic E-state index is 12.5. The number of benzene rings is 1. The van der Waals surface area contributed by atoms with Gasteiger partial charge in [0.25, 0.3) is 0 Å². The second-order valence-corrected chi connectivity index (χ2v) is 7.22. The Morgan fingerprint density at radius 3 is 2.96 bits per heavy atom. The summed E-state index contributed by atoms with van der Waals surface area (Å²) in [5, 5.41) is 2.96. The lowest BCUT2D eigenvalue weighted by molar-refractivity contribution is 0.00433. The normalized spacial score (nSPS) is 15.1. The van der Waals surface area contributed by atoms with Crippen molar-refractivity contribution in [1.82, 2.24) is 25.2 Å². The third kappa shape index (κ3) is 4.48. The Morgan fingerprint density at radius 2 is 2.18 bits per heavy atom. The number of nitrogens with zero attached hydrogens (tertiary/aromatic N) is 3. The van der Waals surface area contributed by atoms with Crippen molar-refractivity contribution in [1.29, 1.82) is 0 Å². The van der Waals surface area contributed by atoms with E-state index >= 15 is 0 Å². The number of fused-ring (bicyclic) bond motifs is 1. The molecule has 3 aromatic rings. The van der Waals surface area contributed by atoms with Gasteiger partial charge in [-0.1, -0.05) is 12.1 Å². The Kier molecular flexibility index (Phi) is 5.53. The maximum Gasteiger partial charge on any atom is 0.317 e. The van der Waals surface area contributed by atoms with Gasteiger partial charge in [-0.3, -0.25) is 4.98 Å². The van der Waals surface area contributed by atoms with Crippen LogP contribution in [0.3, 0.4) is 0 Å². The molecule has 28 heavy (non-hydrogen) atoms. The molecular weight excluding hydrogens is 354 g/mol. The van der Waals surface area contributed by atoms with Gasteiger partial charge in [-0.25, -0.2) is 9.78 Å². The van der Waals surface area contributed by atoms with E-state index in [0.717, 1.165) is 35.3 Å². The van der Waals surface area contributed by atoms with Crippen LogP contribution in [0.5, 0.6) is 0 Å². The van der Waals surface area contributed by atoms with Gasteiger partial charge in [0, 0.05) is 25.5 Å². The predicted octanol–water partition coefficient (Wildman–Crippen LogP) is 3.16. The summed E-state index contributed by atoms with van der Waals surface area (Å²) in [4.78, 5) is 26.2. The van der Waals surface area contributed by atoms with E-state index in [0.29, 0.717) is 26.2 Å². The molecular formula is C21H25N5O2. The third-order valence-corrected chi connectivity index (χ3v) is 5.03. The number of pyridine rings is 1. The van der Waals surface area contributed by atoms with Crippen molar-refractivity contribution in [3.8, 4) is 0 Å². The Balaban J connectivity index is 1.22. The summed E-state index contributed by atoms with van der Waals surface area (Å²) in [7, 11) is 0. The van der Waals surface area contributed by atoms with E-state index in [9.17, 15) is 4.79 Å². The topological polar surface area (TPSA) is 83.1 Å². The number of H-pyrrole nitrogens is 1. The molecule has 2 aromatic heterocycles. The zero-order valence-corrected chi connectivity index (χ0v) is 16.0. The number of hydrogen-bond acceptors (Lipinski definition) is 4. The molecule has 7 heteroatoms. The molecule has 2 amide bonds. The number of aryl methyl sites for hydroxylation is 1. The molecule has 0 saturated carbocycles. The first-order chi connectivity index (χ1) is 13.7. The van der Waals surface area contributed by atoms with Crippen LogP contribution in [0.15, 0.2) is 42.7 Å². The fraction of sp³-hybridized carbons (Fsp3) is 0.381. The van der Waals surface area contributed by atoms with E-state index in [1.54, 1.807) is 6.20 Å². The fourth-order valence-corrected chi connectivity index (χ4v) is 3.45. The Hall–Kier alpha value is -2.93. The molecule has 0 unspecified atom stereocenters. The molecule has 4 rings (SSSR count). The highest BCUT2D eigenvalue weighted by Gasteiger charge is 2.23. The van der Waals surface area contributed by atoms with Gasteiger partial charge in [0.05, 0.1) is 30.3 Å². The van der Waals surface area contributed by atoms with Gasteiger partial charge in [-0.2, -0.15) is 0 Å². The highest BCUT2D eigenvalue weighted by molar-refractivity contribution is 5.76. The number of urea groups is 1. The van der Waals surface area contributed by atoms with Gasteiger partial charge in [0.15, 0.2) is 0 Å². The van der Waals surface area contributed by atoms with Crippen LogP contribution >= 0.6 is 0 Å². The van der Waals surface area contributed by atoms with Crippen LogP contribution in [0, 0.1) is 6.92 Å². The van der Waals surface area contributed by atoms with Gasteiger partial charge in [0.2, 0.25) is 0 Å². The standard InChI is InChI=1S/C21H25N5O2/c1-15-4-5-18-19(11-15)25-20(24-18)13-23-21(27)26-9-6-17(7-10-26)28-14-16-3-2-8-22-12-16/h2-5,8,11-12,17H,6-7,9-10,13-14H2,1H3,(H,23,27)(H,24,25). The lowest BCUT2D eigenvalue weighted by Gasteiger charge is -2.31. The predicted molar refractivity (Wildman–Crippen MR) is 107 cm³/mol. The minimum absolute atomic E-state index is 0.0534. The molecule has 2 N–H and O–H groups in total. The second kappa shape index (κ2) is 8.39. The smallest absolute Gasteiger partial charge is 0.317 e. The lowest BCUT2D eigenvalue weighted by Crippen LogP contribution is -2.45. The molecule has 146 valence electrons. The summed E-state index contributed by atoms with van der Waals surface area (Å²) in [5.41, 5.74) is 4.17. The van der Waals surface area contributed by atoms with E-state index in [2.05, 4.69) is 26.3 Å². The van der Waals surface area contributed by atoms with Crippen molar-refractivity contribution >= 4 is 17.1 Å². The summed E-state index contributed by atoms with van der Waals surface area (Å²) in [5.74, 6) is 0.767. The Bertz CT molecular complexity index is 932. The Morgan fingerprint density at radius 1 is 1.32 bits per heavy atom. The minimum atomic E-state index is -0.0534. The van der Waals surface area contributed by atoms with Crippen LogP contribution in [0.25, 0.3) is 11.0 Å². The highest BCUT2D eigenvalue weighted by atomic mass is 16.5. The molecule has 1 aliphatic rings. The van der Waals surface area contributed by atoms with Crippen LogP contribution in [-0.4, -0.2) is 45.1 Å². The first kappa shape index (κ1) is 18.4. The number of nitrogens with one attached hydrogen (secondary N) is 2. The fourth-order valence-electron chi connectivity index (χ4n) is 3.45. The van der Waals surface area contributed by atoms with Crippen LogP contribution in [-0.2, 0) is 17.9 Å². The van der Waals surface area contributed by atoms with Gasteiger partial charge < -0.3 is 19.9 Å². The number of hydrogen-bond donors (Lipinski definition) is 2. The van der Waals surface area contributed by atoms with E-state index < -0.39 is 0 Å². The third-order valence-electron chi connectivity index (χ3n) is 5.03. The van der Waals surface area contributed by atoms with Crippen molar-refractivity contribution in [2.75, 3.05) is 13.1 Å². The monoisotopic (exact) mass is 379 g/mol. The molecule has 0 bridgehead atoms. The highest BCUT2D eigenvalue weighted by Crippen LogP contribution is 2.16. The molecule has 3 heterocycles. The van der Waals surface area contributed by atoms with Gasteiger partial charge >= 0.3 is 6.03 Å². The number of aromatic nitrogens is 3. The summed E-state index contributed by atoms with van der Waals surface area (Å²) < 4.78 is 5.96. The van der Waals surface area contributed by atoms with Crippen molar-refractivity contribution in [2.45, 2.75) is 39.0 Å². The lowest BCUT2D eigenvalue weighted by atomic mass is 10.1. The van der Waals surface area contributed by atoms with Crippen molar-refractivity contribution in [3.63, 3.8) is 0 Å². The van der Waals surface area contributed by atoms with Gasteiger partial charge in [-0.05, 0) is 49.1 Å². The average Bonchev–Trinajstić information content (AvgIpc) is 3.13. The maximum atomic E-state index is 12.5. The number of piperidine rings is 1. The zero-order chi connectivity index (χ0) is 19.3. The zero-order valence-electron chi connectivity index (χ0n) is 16.0. The number of rotatable bonds is 5. The number of amides is 2. The molecule has 1 saturated heterocycles. The first-order valence-corrected chi connectivity index (χ1v) is 9.66. The van der Waals surface area contributed by atoms with Crippen LogP contribution in [0.1, 0.15) is 29.8 Å². The van der Waals surface area contributed by atoms with E-state index in [-0.39, 0.29) is 12.1 Å². The molecule has 0 radical (unpaired) electrons. The quantitative estimate of drug-likeness (QED) is 0.713. The van der Waals surface area contributed by atoms with Crippen LogP contribution in [0.4, 0.5) is 4.79 Å². The summed E-state index contributed by atoms with van der Waals surface area (Å²) in [6, 6.07) is 9.95. The molecule has 1 aliphatic heterocycles. The minimum Gasteiger partial charge on any atom is -0.373 e. The Labute approximate surface area is 164 Å². The van der Waals surface area contributed by atoms with Crippen LogP contribution in [0.2, 0.25) is 0 Å². The van der Waals surface area contributed by atoms with Crippen LogP contribution < -0.4 is 5.32 Å². The number of likely N-dealkylation sites (tertiary alicyclic amines) is 1. The molecule has 0 aliphatic carbocycles.